The van der Waals surface area contributed by atoms with Gasteiger partial charge in [-0.25, -0.2) is 9.97 Å². The second-order valence-electron chi connectivity index (χ2n) is 5.69. The van der Waals surface area contributed by atoms with E-state index in [0.29, 0.717) is 11.6 Å². The molecule has 2 aromatic carbocycles. The van der Waals surface area contributed by atoms with Gasteiger partial charge in [-0.05, 0) is 29.8 Å². The predicted octanol–water partition coefficient (Wildman–Crippen LogP) is 4.62. The molecular weight excluding hydrogens is 390 g/mol. The fourth-order valence-corrected chi connectivity index (χ4v) is 3.74. The van der Waals surface area contributed by atoms with Crippen LogP contribution in [0.25, 0.3) is 10.9 Å². The SMILES string of the molecule is Clc1ccc2c(N3CCOC(c4ccccc4Br)C3)ncnc2c1. The number of fused-ring (bicyclic) bond motifs is 1. The standard InChI is InChI=1S/C18H15BrClN3O/c19-15-4-2-1-3-13(15)17-10-23(7-8-24-17)18-14-6-5-12(20)9-16(14)21-11-22-18/h1-6,9,11,17H,7-8,10H2. The van der Waals surface area contributed by atoms with Gasteiger partial charge >= 0.3 is 0 Å². The van der Waals surface area contributed by atoms with E-state index in [-0.39, 0.29) is 6.10 Å². The summed E-state index contributed by atoms with van der Waals surface area (Å²) in [5, 5.41) is 1.69. The van der Waals surface area contributed by atoms with Gasteiger partial charge in [0.15, 0.2) is 0 Å². The van der Waals surface area contributed by atoms with Crippen LogP contribution >= 0.6 is 27.5 Å². The number of ether oxygens (including phenoxy) is 1. The van der Waals surface area contributed by atoms with Crippen molar-refractivity contribution < 1.29 is 4.74 Å². The van der Waals surface area contributed by atoms with Crippen LogP contribution in [0.2, 0.25) is 5.02 Å². The lowest BCUT2D eigenvalue weighted by atomic mass is 10.1. The Morgan fingerprint density at radius 1 is 1.17 bits per heavy atom. The highest BCUT2D eigenvalue weighted by Gasteiger charge is 2.25. The summed E-state index contributed by atoms with van der Waals surface area (Å²) in [5.41, 5.74) is 2.01. The molecule has 0 saturated carbocycles. The molecule has 1 aliphatic heterocycles. The van der Waals surface area contributed by atoms with Gasteiger partial charge in [0.1, 0.15) is 18.2 Å². The number of benzene rings is 2. The van der Waals surface area contributed by atoms with Crippen molar-refractivity contribution in [3.63, 3.8) is 0 Å². The average molecular weight is 405 g/mol. The first-order valence-corrected chi connectivity index (χ1v) is 8.91. The van der Waals surface area contributed by atoms with E-state index in [0.717, 1.165) is 39.8 Å². The van der Waals surface area contributed by atoms with E-state index in [1.54, 1.807) is 6.33 Å². The molecule has 1 unspecified atom stereocenters. The van der Waals surface area contributed by atoms with Gasteiger partial charge in [-0.3, -0.25) is 0 Å². The van der Waals surface area contributed by atoms with E-state index in [1.165, 1.54) is 0 Å². The largest absolute Gasteiger partial charge is 0.370 e. The zero-order valence-corrected chi connectivity index (χ0v) is 15.2. The Morgan fingerprint density at radius 3 is 2.92 bits per heavy atom. The van der Waals surface area contributed by atoms with E-state index in [9.17, 15) is 0 Å². The quantitative estimate of drug-likeness (QED) is 0.624. The fourth-order valence-electron chi connectivity index (χ4n) is 3.03. The molecule has 1 aliphatic rings. The molecule has 3 aromatic rings. The number of hydrogen-bond donors (Lipinski definition) is 0. The number of aromatic nitrogens is 2. The van der Waals surface area contributed by atoms with Crippen LogP contribution in [-0.4, -0.2) is 29.7 Å². The third-order valence-corrected chi connectivity index (χ3v) is 5.15. The summed E-state index contributed by atoms with van der Waals surface area (Å²) < 4.78 is 7.06. The van der Waals surface area contributed by atoms with Gasteiger partial charge in [0.25, 0.3) is 0 Å². The van der Waals surface area contributed by atoms with Crippen LogP contribution < -0.4 is 4.90 Å². The maximum Gasteiger partial charge on any atom is 0.140 e. The van der Waals surface area contributed by atoms with Gasteiger partial charge < -0.3 is 9.64 Å². The van der Waals surface area contributed by atoms with E-state index in [2.05, 4.69) is 36.9 Å². The van der Waals surface area contributed by atoms with Crippen LogP contribution in [0.5, 0.6) is 0 Å². The highest BCUT2D eigenvalue weighted by Crippen LogP contribution is 2.32. The molecule has 6 heteroatoms. The van der Waals surface area contributed by atoms with Crippen LogP contribution in [0.15, 0.2) is 53.3 Å². The Balaban J connectivity index is 1.69. The van der Waals surface area contributed by atoms with Crippen molar-refractivity contribution >= 4 is 44.3 Å². The van der Waals surface area contributed by atoms with Crippen LogP contribution in [-0.2, 0) is 4.74 Å². The van der Waals surface area contributed by atoms with Crippen LogP contribution in [0.4, 0.5) is 5.82 Å². The van der Waals surface area contributed by atoms with Crippen LogP contribution in [0.3, 0.4) is 0 Å². The molecule has 4 rings (SSSR count). The third-order valence-electron chi connectivity index (χ3n) is 4.20. The van der Waals surface area contributed by atoms with Gasteiger partial charge in [-0.15, -0.1) is 0 Å². The summed E-state index contributed by atoms with van der Waals surface area (Å²) in [6.45, 7) is 2.21. The molecular formula is C18H15BrClN3O. The van der Waals surface area contributed by atoms with E-state index in [1.807, 2.05) is 36.4 Å². The van der Waals surface area contributed by atoms with Gasteiger partial charge in [0, 0.05) is 28.0 Å². The minimum Gasteiger partial charge on any atom is -0.370 e. The van der Waals surface area contributed by atoms with Crippen molar-refractivity contribution in [2.75, 3.05) is 24.6 Å². The third kappa shape index (κ3) is 2.99. The summed E-state index contributed by atoms with van der Waals surface area (Å²) in [5.74, 6) is 0.928. The molecule has 122 valence electrons. The Labute approximate surface area is 153 Å². The van der Waals surface area contributed by atoms with Gasteiger partial charge in [-0.2, -0.15) is 0 Å². The highest BCUT2D eigenvalue weighted by atomic mass is 79.9. The highest BCUT2D eigenvalue weighted by molar-refractivity contribution is 9.10. The summed E-state index contributed by atoms with van der Waals surface area (Å²) in [6.07, 6.45) is 1.60. The smallest absolute Gasteiger partial charge is 0.140 e. The summed E-state index contributed by atoms with van der Waals surface area (Å²) in [7, 11) is 0. The number of halogens is 2. The molecule has 0 N–H and O–H groups in total. The molecule has 0 radical (unpaired) electrons. The van der Waals surface area contributed by atoms with Crippen LogP contribution in [0.1, 0.15) is 11.7 Å². The molecule has 0 aliphatic carbocycles. The molecule has 1 atom stereocenters. The van der Waals surface area contributed by atoms with Crippen molar-refractivity contribution in [2.45, 2.75) is 6.10 Å². The number of nitrogens with zero attached hydrogens (tertiary/aromatic N) is 3. The molecule has 24 heavy (non-hydrogen) atoms. The molecule has 1 saturated heterocycles. The summed E-state index contributed by atoms with van der Waals surface area (Å²) in [4.78, 5) is 11.1. The van der Waals surface area contributed by atoms with E-state index < -0.39 is 0 Å². The second kappa shape index (κ2) is 6.67. The first kappa shape index (κ1) is 15.8. The maximum atomic E-state index is 6.08. The Kier molecular flexibility index (Phi) is 4.39. The molecule has 0 amide bonds. The monoisotopic (exact) mass is 403 g/mol. The number of rotatable bonds is 2. The summed E-state index contributed by atoms with van der Waals surface area (Å²) >= 11 is 9.70. The predicted molar refractivity (Wildman–Crippen MR) is 99.6 cm³/mol. The number of anilines is 1. The second-order valence-corrected chi connectivity index (χ2v) is 6.98. The normalized spacial score (nSPS) is 18.1. The van der Waals surface area contributed by atoms with Gasteiger partial charge in [-0.1, -0.05) is 45.7 Å². The maximum absolute atomic E-state index is 6.08. The first-order chi connectivity index (χ1) is 11.7. The van der Waals surface area contributed by atoms with Crippen molar-refractivity contribution in [1.82, 2.24) is 9.97 Å². The number of morpholine rings is 1. The molecule has 0 spiro atoms. The molecule has 4 nitrogen and oxygen atoms in total. The minimum absolute atomic E-state index is 0.00615. The average Bonchev–Trinajstić information content (AvgIpc) is 2.61. The first-order valence-electron chi connectivity index (χ1n) is 7.73. The van der Waals surface area contributed by atoms with Crippen molar-refractivity contribution in [3.8, 4) is 0 Å². The van der Waals surface area contributed by atoms with Gasteiger partial charge in [0.2, 0.25) is 0 Å². The lowest BCUT2D eigenvalue weighted by Gasteiger charge is -2.34. The zero-order chi connectivity index (χ0) is 16.5. The number of hydrogen-bond acceptors (Lipinski definition) is 4. The molecule has 1 aromatic heterocycles. The topological polar surface area (TPSA) is 38.2 Å². The minimum atomic E-state index is 0.00615. The lowest BCUT2D eigenvalue weighted by molar-refractivity contribution is 0.0392. The molecule has 2 heterocycles. The van der Waals surface area contributed by atoms with Crippen molar-refractivity contribution in [2.24, 2.45) is 0 Å². The van der Waals surface area contributed by atoms with Crippen molar-refractivity contribution in [3.05, 3.63) is 63.9 Å². The van der Waals surface area contributed by atoms with E-state index >= 15 is 0 Å². The lowest BCUT2D eigenvalue weighted by Crippen LogP contribution is -2.39. The van der Waals surface area contributed by atoms with Crippen molar-refractivity contribution in [1.29, 1.82) is 0 Å². The Hall–Kier alpha value is -1.69. The summed E-state index contributed by atoms with van der Waals surface area (Å²) in [6, 6.07) is 13.9. The Morgan fingerprint density at radius 2 is 2.04 bits per heavy atom. The van der Waals surface area contributed by atoms with Gasteiger partial charge in [0.05, 0.1) is 12.1 Å². The van der Waals surface area contributed by atoms with E-state index in [4.69, 9.17) is 16.3 Å². The fraction of sp³-hybridized carbons (Fsp3) is 0.222. The zero-order valence-electron chi connectivity index (χ0n) is 12.8. The van der Waals surface area contributed by atoms with Crippen LogP contribution in [0, 0.1) is 0 Å². The molecule has 0 bridgehead atoms. The Bertz CT molecular complexity index is 889. The molecule has 1 fully saturated rings.